The number of hydrazone groups is 1. The van der Waals surface area contributed by atoms with Crippen molar-refractivity contribution in [3.63, 3.8) is 0 Å². The second kappa shape index (κ2) is 8.00. The van der Waals surface area contributed by atoms with E-state index in [-0.39, 0.29) is 12.4 Å². The van der Waals surface area contributed by atoms with Crippen LogP contribution in [-0.4, -0.2) is 23.8 Å². The van der Waals surface area contributed by atoms with Crippen LogP contribution in [0.2, 0.25) is 5.02 Å². The van der Waals surface area contributed by atoms with Crippen molar-refractivity contribution in [3.8, 4) is 11.5 Å². The molecule has 0 spiro atoms. The topological polar surface area (TPSA) is 70.9 Å². The van der Waals surface area contributed by atoms with E-state index in [1.165, 1.54) is 6.21 Å². The summed E-state index contributed by atoms with van der Waals surface area (Å²) in [5, 5.41) is 13.9. The molecule has 0 saturated carbocycles. The Morgan fingerprint density at radius 2 is 2.18 bits per heavy atom. The van der Waals surface area contributed by atoms with Gasteiger partial charge in [-0.05, 0) is 59.0 Å². The maximum absolute atomic E-state index is 11.6. The van der Waals surface area contributed by atoms with Gasteiger partial charge in [0.25, 0.3) is 5.91 Å². The van der Waals surface area contributed by atoms with Crippen molar-refractivity contribution in [2.45, 2.75) is 0 Å². The maximum atomic E-state index is 11.6. The molecule has 5 nitrogen and oxygen atoms in total. The summed E-state index contributed by atoms with van der Waals surface area (Å²) in [7, 11) is 0. The van der Waals surface area contributed by atoms with Crippen molar-refractivity contribution >= 4 is 46.3 Å². The number of hydrogen-bond acceptors (Lipinski definition) is 4. The summed E-state index contributed by atoms with van der Waals surface area (Å²) in [5.74, 6) is 0.178. The Bertz CT molecular complexity index is 707. The van der Waals surface area contributed by atoms with Crippen molar-refractivity contribution in [1.29, 1.82) is 0 Å². The van der Waals surface area contributed by atoms with E-state index in [4.69, 9.17) is 16.3 Å². The number of nitrogens with zero attached hydrogens (tertiary/aromatic N) is 1. The molecule has 0 aliphatic carbocycles. The average Bonchev–Trinajstić information content (AvgIpc) is 2.49. The molecule has 0 fully saturated rings. The first-order chi connectivity index (χ1) is 10.5. The Hall–Kier alpha value is -1.80. The molecule has 1 amide bonds. The third-order valence-corrected chi connectivity index (χ3v) is 3.45. The van der Waals surface area contributed by atoms with Crippen LogP contribution in [0.4, 0.5) is 0 Å². The number of nitrogens with one attached hydrogen (secondary N) is 1. The monoisotopic (exact) mass is 430 g/mol. The first-order valence-corrected chi connectivity index (χ1v) is 7.69. The molecule has 0 bridgehead atoms. The van der Waals surface area contributed by atoms with Gasteiger partial charge in [-0.2, -0.15) is 5.10 Å². The molecule has 2 rings (SSSR count). The Labute approximate surface area is 146 Å². The lowest BCUT2D eigenvalue weighted by Gasteiger charge is -2.05. The molecular weight excluding hydrogens is 419 g/mol. The molecule has 2 aromatic rings. The lowest BCUT2D eigenvalue weighted by atomic mass is 10.2. The molecular formula is C15H12ClIN2O3. The van der Waals surface area contributed by atoms with Crippen LogP contribution in [0.25, 0.3) is 0 Å². The number of rotatable bonds is 5. The zero-order valence-corrected chi connectivity index (χ0v) is 14.2. The van der Waals surface area contributed by atoms with Crippen LogP contribution in [0.5, 0.6) is 11.5 Å². The largest absolute Gasteiger partial charge is 0.507 e. The standard InChI is InChI=1S/C15H12ClIN2O3/c16-11-2-1-3-13(7-11)22-9-15(21)19-18-8-10-6-12(17)4-5-14(10)20/h1-8,20H,9H2,(H,19,21)/b18-8-. The number of phenols is 1. The van der Waals surface area contributed by atoms with Gasteiger partial charge in [-0.25, -0.2) is 5.43 Å². The quantitative estimate of drug-likeness (QED) is 0.435. The highest BCUT2D eigenvalue weighted by Gasteiger charge is 2.02. The number of phenolic OH excluding ortho intramolecular Hbond substituents is 1. The minimum absolute atomic E-state index is 0.0913. The van der Waals surface area contributed by atoms with Crippen molar-refractivity contribution in [2.75, 3.05) is 6.61 Å². The number of hydrogen-bond donors (Lipinski definition) is 2. The van der Waals surface area contributed by atoms with E-state index in [2.05, 4.69) is 33.1 Å². The van der Waals surface area contributed by atoms with Gasteiger partial charge >= 0.3 is 0 Å². The summed E-state index contributed by atoms with van der Waals surface area (Å²) in [5.41, 5.74) is 2.84. The van der Waals surface area contributed by atoms with E-state index in [1.807, 2.05) is 0 Å². The smallest absolute Gasteiger partial charge is 0.277 e. The van der Waals surface area contributed by atoms with Gasteiger partial charge in [0, 0.05) is 14.2 Å². The number of aromatic hydroxyl groups is 1. The SMILES string of the molecule is O=C(COc1cccc(Cl)c1)N/N=C\c1cc(I)ccc1O. The van der Waals surface area contributed by atoms with Crippen molar-refractivity contribution in [2.24, 2.45) is 5.10 Å². The molecule has 0 unspecified atom stereocenters. The molecule has 0 aliphatic rings. The Kier molecular flexibility index (Phi) is 6.02. The van der Waals surface area contributed by atoms with Crippen LogP contribution in [0, 0.1) is 3.57 Å². The van der Waals surface area contributed by atoms with Crippen LogP contribution < -0.4 is 10.2 Å². The van der Waals surface area contributed by atoms with Gasteiger partial charge in [0.05, 0.1) is 6.21 Å². The summed E-state index contributed by atoms with van der Waals surface area (Å²) in [6.45, 7) is -0.185. The fraction of sp³-hybridized carbons (Fsp3) is 0.0667. The minimum Gasteiger partial charge on any atom is -0.507 e. The number of amides is 1. The van der Waals surface area contributed by atoms with E-state index in [9.17, 15) is 9.90 Å². The molecule has 2 N–H and O–H groups in total. The Morgan fingerprint density at radius 3 is 2.95 bits per heavy atom. The van der Waals surface area contributed by atoms with E-state index >= 15 is 0 Å². The second-order valence-electron chi connectivity index (χ2n) is 4.24. The molecule has 7 heteroatoms. The summed E-state index contributed by atoms with van der Waals surface area (Å²) < 4.78 is 6.22. The van der Waals surface area contributed by atoms with Gasteiger partial charge < -0.3 is 9.84 Å². The second-order valence-corrected chi connectivity index (χ2v) is 5.92. The highest BCUT2D eigenvalue weighted by atomic mass is 127. The maximum Gasteiger partial charge on any atom is 0.277 e. The molecule has 0 heterocycles. The number of benzene rings is 2. The van der Waals surface area contributed by atoms with E-state index in [1.54, 1.807) is 42.5 Å². The van der Waals surface area contributed by atoms with Crippen molar-refractivity contribution < 1.29 is 14.6 Å². The normalized spacial score (nSPS) is 10.6. The van der Waals surface area contributed by atoms with Gasteiger partial charge in [-0.1, -0.05) is 17.7 Å². The lowest BCUT2D eigenvalue weighted by Crippen LogP contribution is -2.24. The van der Waals surface area contributed by atoms with E-state index < -0.39 is 5.91 Å². The minimum atomic E-state index is -0.415. The van der Waals surface area contributed by atoms with Gasteiger partial charge in [-0.15, -0.1) is 0 Å². The predicted octanol–water partition coefficient (Wildman–Crippen LogP) is 3.18. The summed E-state index contributed by atoms with van der Waals surface area (Å²) in [4.78, 5) is 11.6. The van der Waals surface area contributed by atoms with Gasteiger partial charge in [0.1, 0.15) is 11.5 Å². The Balaban J connectivity index is 1.85. The molecule has 0 radical (unpaired) electrons. The number of carbonyl (C=O) groups is 1. The Morgan fingerprint density at radius 1 is 1.36 bits per heavy atom. The van der Waals surface area contributed by atoms with Crippen LogP contribution in [0.15, 0.2) is 47.6 Å². The van der Waals surface area contributed by atoms with Crippen molar-refractivity contribution in [1.82, 2.24) is 5.43 Å². The van der Waals surface area contributed by atoms with E-state index in [0.29, 0.717) is 16.3 Å². The van der Waals surface area contributed by atoms with Gasteiger partial charge in [0.2, 0.25) is 0 Å². The predicted molar refractivity (Wildman–Crippen MR) is 93.5 cm³/mol. The summed E-state index contributed by atoms with van der Waals surface area (Å²) >= 11 is 7.93. The van der Waals surface area contributed by atoms with Gasteiger partial charge in [-0.3, -0.25) is 4.79 Å². The molecule has 2 aromatic carbocycles. The van der Waals surface area contributed by atoms with Crippen LogP contribution in [0.1, 0.15) is 5.56 Å². The molecule has 0 saturated heterocycles. The number of halogens is 2. The fourth-order valence-electron chi connectivity index (χ4n) is 1.54. The molecule has 114 valence electrons. The highest BCUT2D eigenvalue weighted by Crippen LogP contribution is 2.18. The first kappa shape index (κ1) is 16.6. The lowest BCUT2D eigenvalue weighted by molar-refractivity contribution is -0.123. The highest BCUT2D eigenvalue weighted by molar-refractivity contribution is 14.1. The van der Waals surface area contributed by atoms with E-state index in [0.717, 1.165) is 3.57 Å². The number of carbonyl (C=O) groups excluding carboxylic acids is 1. The van der Waals surface area contributed by atoms with Crippen molar-refractivity contribution in [3.05, 3.63) is 56.6 Å². The molecule has 0 aromatic heterocycles. The van der Waals surface area contributed by atoms with Crippen LogP contribution in [-0.2, 0) is 4.79 Å². The molecule has 0 atom stereocenters. The summed E-state index contributed by atoms with van der Waals surface area (Å²) in [6, 6.07) is 11.8. The fourth-order valence-corrected chi connectivity index (χ4v) is 2.24. The van der Waals surface area contributed by atoms with Crippen LogP contribution in [0.3, 0.4) is 0 Å². The molecule has 0 aliphatic heterocycles. The third-order valence-electron chi connectivity index (χ3n) is 2.55. The first-order valence-electron chi connectivity index (χ1n) is 6.23. The average molecular weight is 431 g/mol. The zero-order chi connectivity index (χ0) is 15.9. The third kappa shape index (κ3) is 5.19. The molecule has 22 heavy (non-hydrogen) atoms. The zero-order valence-electron chi connectivity index (χ0n) is 11.3. The number of ether oxygens (including phenoxy) is 1. The van der Waals surface area contributed by atoms with Gasteiger partial charge in [0.15, 0.2) is 6.61 Å². The summed E-state index contributed by atoms with van der Waals surface area (Å²) in [6.07, 6.45) is 1.37. The van der Waals surface area contributed by atoms with Crippen LogP contribution >= 0.6 is 34.2 Å².